The van der Waals surface area contributed by atoms with Gasteiger partial charge in [0.05, 0.1) is 0 Å². The van der Waals surface area contributed by atoms with E-state index in [4.69, 9.17) is 5.73 Å². The molecule has 0 radical (unpaired) electrons. The lowest BCUT2D eigenvalue weighted by atomic mass is 10.0. The average molecular weight is 236 g/mol. The van der Waals surface area contributed by atoms with E-state index in [9.17, 15) is 4.39 Å². The molecule has 1 aliphatic rings. The van der Waals surface area contributed by atoms with Gasteiger partial charge in [-0.1, -0.05) is 18.6 Å². The van der Waals surface area contributed by atoms with Crippen LogP contribution in [0.4, 0.5) is 4.39 Å². The monoisotopic (exact) mass is 236 g/mol. The minimum absolute atomic E-state index is 0.150. The number of nitrogens with one attached hydrogen (secondary N) is 1. The van der Waals surface area contributed by atoms with E-state index in [1.807, 2.05) is 6.07 Å². The van der Waals surface area contributed by atoms with Gasteiger partial charge in [0, 0.05) is 6.04 Å². The largest absolute Gasteiger partial charge is 0.330 e. The Kier molecular flexibility index (Phi) is 4.51. The molecule has 2 unspecified atom stereocenters. The molecule has 1 fully saturated rings. The van der Waals surface area contributed by atoms with Gasteiger partial charge in [0.1, 0.15) is 5.82 Å². The van der Waals surface area contributed by atoms with E-state index in [1.165, 1.54) is 25.3 Å². The maximum Gasteiger partial charge on any atom is 0.123 e. The molecule has 94 valence electrons. The molecule has 1 aromatic carbocycles. The number of hydrogen-bond donors (Lipinski definition) is 2. The van der Waals surface area contributed by atoms with Crippen LogP contribution in [0.25, 0.3) is 0 Å². The Morgan fingerprint density at radius 3 is 3.00 bits per heavy atom. The molecule has 0 spiro atoms. The number of hydrogen-bond acceptors (Lipinski definition) is 2. The van der Waals surface area contributed by atoms with Crippen molar-refractivity contribution in [1.82, 2.24) is 5.32 Å². The van der Waals surface area contributed by atoms with E-state index in [1.54, 1.807) is 12.1 Å². The molecular formula is C14H21FN2. The van der Waals surface area contributed by atoms with Gasteiger partial charge in [-0.05, 0) is 56.0 Å². The molecule has 3 heteroatoms. The maximum atomic E-state index is 13.0. The molecule has 1 saturated carbocycles. The van der Waals surface area contributed by atoms with Crippen LogP contribution in [-0.4, -0.2) is 19.1 Å². The Balaban J connectivity index is 1.76. The number of rotatable bonds is 5. The predicted molar refractivity (Wildman–Crippen MR) is 68.3 cm³/mol. The van der Waals surface area contributed by atoms with E-state index in [0.29, 0.717) is 12.0 Å². The Labute approximate surface area is 102 Å². The third-order valence-electron chi connectivity index (χ3n) is 3.67. The molecule has 0 aromatic heterocycles. The third-order valence-corrected chi connectivity index (χ3v) is 3.67. The summed E-state index contributed by atoms with van der Waals surface area (Å²) in [5.41, 5.74) is 6.79. The van der Waals surface area contributed by atoms with Gasteiger partial charge in [0.25, 0.3) is 0 Å². The molecule has 17 heavy (non-hydrogen) atoms. The Morgan fingerprint density at radius 2 is 2.24 bits per heavy atom. The zero-order valence-electron chi connectivity index (χ0n) is 10.2. The van der Waals surface area contributed by atoms with Gasteiger partial charge >= 0.3 is 0 Å². The molecular weight excluding hydrogens is 215 g/mol. The van der Waals surface area contributed by atoms with Crippen molar-refractivity contribution in [3.05, 3.63) is 35.6 Å². The molecule has 3 N–H and O–H groups in total. The highest BCUT2D eigenvalue weighted by molar-refractivity contribution is 5.16. The standard InChI is InChI=1S/C14H21FN2/c15-13-5-1-3-11(9-13)7-8-17-14-6-2-4-12(14)10-16/h1,3,5,9,12,14,17H,2,4,6-8,10,16H2. The summed E-state index contributed by atoms with van der Waals surface area (Å²) in [6.07, 6.45) is 4.63. The zero-order valence-corrected chi connectivity index (χ0v) is 10.2. The Bertz CT molecular complexity index is 354. The minimum Gasteiger partial charge on any atom is -0.330 e. The van der Waals surface area contributed by atoms with Crippen molar-refractivity contribution in [2.45, 2.75) is 31.7 Å². The van der Waals surface area contributed by atoms with Crippen LogP contribution in [-0.2, 0) is 6.42 Å². The highest BCUT2D eigenvalue weighted by Crippen LogP contribution is 2.24. The van der Waals surface area contributed by atoms with Gasteiger partial charge in [0.15, 0.2) is 0 Å². The summed E-state index contributed by atoms with van der Waals surface area (Å²) in [5.74, 6) is 0.478. The maximum absolute atomic E-state index is 13.0. The summed E-state index contributed by atoms with van der Waals surface area (Å²) in [6, 6.07) is 7.39. The van der Waals surface area contributed by atoms with Gasteiger partial charge in [-0.3, -0.25) is 0 Å². The summed E-state index contributed by atoms with van der Waals surface area (Å²) < 4.78 is 13.0. The van der Waals surface area contributed by atoms with Gasteiger partial charge in [-0.15, -0.1) is 0 Å². The molecule has 0 aliphatic heterocycles. The van der Waals surface area contributed by atoms with Crippen LogP contribution >= 0.6 is 0 Å². The molecule has 2 atom stereocenters. The first kappa shape index (κ1) is 12.5. The van der Waals surface area contributed by atoms with Crippen LogP contribution in [0.3, 0.4) is 0 Å². The molecule has 0 heterocycles. The van der Waals surface area contributed by atoms with Crippen molar-refractivity contribution in [3.63, 3.8) is 0 Å². The minimum atomic E-state index is -0.150. The predicted octanol–water partition coefficient (Wildman–Crippen LogP) is 2.09. The van der Waals surface area contributed by atoms with E-state index < -0.39 is 0 Å². The average Bonchev–Trinajstić information content (AvgIpc) is 2.77. The zero-order chi connectivity index (χ0) is 12.1. The molecule has 2 rings (SSSR count). The van der Waals surface area contributed by atoms with E-state index >= 15 is 0 Å². The van der Waals surface area contributed by atoms with Crippen LogP contribution in [0.1, 0.15) is 24.8 Å². The smallest absolute Gasteiger partial charge is 0.123 e. The fourth-order valence-corrected chi connectivity index (χ4v) is 2.68. The SMILES string of the molecule is NCC1CCCC1NCCc1cccc(F)c1. The molecule has 0 amide bonds. The van der Waals surface area contributed by atoms with Crippen molar-refractivity contribution < 1.29 is 4.39 Å². The van der Waals surface area contributed by atoms with Gasteiger partial charge in [-0.25, -0.2) is 4.39 Å². The first-order valence-corrected chi connectivity index (χ1v) is 6.47. The summed E-state index contributed by atoms with van der Waals surface area (Å²) >= 11 is 0. The molecule has 0 saturated heterocycles. The highest BCUT2D eigenvalue weighted by atomic mass is 19.1. The molecule has 1 aromatic rings. The number of nitrogens with two attached hydrogens (primary N) is 1. The third kappa shape index (κ3) is 3.51. The summed E-state index contributed by atoms with van der Waals surface area (Å²) in [5, 5.41) is 3.55. The fraction of sp³-hybridized carbons (Fsp3) is 0.571. The van der Waals surface area contributed by atoms with Crippen LogP contribution in [0.2, 0.25) is 0 Å². The van der Waals surface area contributed by atoms with Crippen LogP contribution in [0.15, 0.2) is 24.3 Å². The lowest BCUT2D eigenvalue weighted by Crippen LogP contribution is -2.37. The van der Waals surface area contributed by atoms with Gasteiger partial charge < -0.3 is 11.1 Å². The first-order valence-electron chi connectivity index (χ1n) is 6.47. The second-order valence-electron chi connectivity index (χ2n) is 4.87. The van der Waals surface area contributed by atoms with Crippen molar-refractivity contribution in [2.24, 2.45) is 11.7 Å². The Morgan fingerprint density at radius 1 is 1.35 bits per heavy atom. The molecule has 1 aliphatic carbocycles. The number of halogens is 1. The second kappa shape index (κ2) is 6.12. The van der Waals surface area contributed by atoms with Crippen molar-refractivity contribution >= 4 is 0 Å². The topological polar surface area (TPSA) is 38.0 Å². The van der Waals surface area contributed by atoms with Crippen LogP contribution in [0, 0.1) is 11.7 Å². The van der Waals surface area contributed by atoms with E-state index in [2.05, 4.69) is 5.32 Å². The Hall–Kier alpha value is -0.930. The van der Waals surface area contributed by atoms with Gasteiger partial charge in [0.2, 0.25) is 0 Å². The second-order valence-corrected chi connectivity index (χ2v) is 4.87. The van der Waals surface area contributed by atoms with E-state index in [0.717, 1.165) is 25.1 Å². The quantitative estimate of drug-likeness (QED) is 0.821. The summed E-state index contributed by atoms with van der Waals surface area (Å²) in [7, 11) is 0. The summed E-state index contributed by atoms with van der Waals surface area (Å²) in [6.45, 7) is 1.68. The highest BCUT2D eigenvalue weighted by Gasteiger charge is 2.24. The first-order chi connectivity index (χ1) is 8.29. The lowest BCUT2D eigenvalue weighted by molar-refractivity contribution is 0.410. The van der Waals surface area contributed by atoms with Crippen LogP contribution < -0.4 is 11.1 Å². The fourth-order valence-electron chi connectivity index (χ4n) is 2.68. The molecule has 2 nitrogen and oxygen atoms in total. The van der Waals surface area contributed by atoms with Crippen molar-refractivity contribution in [3.8, 4) is 0 Å². The van der Waals surface area contributed by atoms with Crippen molar-refractivity contribution in [2.75, 3.05) is 13.1 Å². The summed E-state index contributed by atoms with van der Waals surface area (Å²) in [4.78, 5) is 0. The van der Waals surface area contributed by atoms with Crippen LogP contribution in [0.5, 0.6) is 0 Å². The van der Waals surface area contributed by atoms with E-state index in [-0.39, 0.29) is 5.82 Å². The normalized spacial score (nSPS) is 24.1. The molecule has 0 bridgehead atoms. The lowest BCUT2D eigenvalue weighted by Gasteiger charge is -2.19. The van der Waals surface area contributed by atoms with Crippen molar-refractivity contribution in [1.29, 1.82) is 0 Å². The van der Waals surface area contributed by atoms with Gasteiger partial charge in [-0.2, -0.15) is 0 Å². The number of benzene rings is 1.